The molecule has 3 rings (SSSR count). The van der Waals surface area contributed by atoms with Crippen LogP contribution in [0.15, 0.2) is 48.5 Å². The lowest BCUT2D eigenvalue weighted by atomic mass is 10.1. The van der Waals surface area contributed by atoms with Gasteiger partial charge in [-0.1, -0.05) is 31.2 Å². The Hall–Kier alpha value is -2.62. The van der Waals surface area contributed by atoms with E-state index < -0.39 is 16.1 Å². The topological polar surface area (TPSA) is 88.2 Å². The fourth-order valence-electron chi connectivity index (χ4n) is 3.59. The first-order valence-electron chi connectivity index (χ1n) is 11.1. The van der Waals surface area contributed by atoms with E-state index in [0.29, 0.717) is 24.4 Å². The van der Waals surface area contributed by atoms with E-state index in [4.69, 9.17) is 9.47 Å². The Morgan fingerprint density at radius 1 is 1.12 bits per heavy atom. The summed E-state index contributed by atoms with van der Waals surface area (Å²) < 4.78 is 35.9. The molecule has 0 bridgehead atoms. The highest BCUT2D eigenvalue weighted by atomic mass is 32.2. The van der Waals surface area contributed by atoms with E-state index >= 15 is 0 Å². The average Bonchev–Trinajstić information content (AvgIpc) is 2.82. The van der Waals surface area contributed by atoms with E-state index in [-0.39, 0.29) is 5.91 Å². The fourth-order valence-corrected chi connectivity index (χ4v) is 4.10. The summed E-state index contributed by atoms with van der Waals surface area (Å²) in [5, 5.41) is 3.00. The number of hydrogen-bond acceptors (Lipinski definition) is 6. The molecule has 0 unspecified atom stereocenters. The number of nitrogens with one attached hydrogen (secondary N) is 1. The molecule has 1 aliphatic heterocycles. The van der Waals surface area contributed by atoms with E-state index in [1.807, 2.05) is 25.1 Å². The lowest BCUT2D eigenvalue weighted by Crippen LogP contribution is -2.38. The Labute approximate surface area is 196 Å². The third-order valence-corrected chi connectivity index (χ3v) is 6.91. The molecule has 8 nitrogen and oxygen atoms in total. The molecule has 180 valence electrons. The van der Waals surface area contributed by atoms with Crippen LogP contribution in [0, 0.1) is 0 Å². The van der Waals surface area contributed by atoms with Crippen LogP contribution in [0.5, 0.6) is 5.75 Å². The molecular formula is C24H33N3O5S. The van der Waals surface area contributed by atoms with Gasteiger partial charge in [-0.05, 0) is 41.8 Å². The molecule has 2 aromatic rings. The monoisotopic (exact) mass is 475 g/mol. The maximum atomic E-state index is 12.8. The summed E-state index contributed by atoms with van der Waals surface area (Å²) in [6, 6.07) is 14.8. The minimum atomic E-state index is -3.34. The maximum absolute atomic E-state index is 12.8. The highest BCUT2D eigenvalue weighted by Crippen LogP contribution is 2.21. The Balaban J connectivity index is 1.58. The molecule has 0 aliphatic carbocycles. The van der Waals surface area contributed by atoms with Crippen LogP contribution >= 0.6 is 0 Å². The molecular weight excluding hydrogens is 442 g/mol. The molecule has 0 radical (unpaired) electrons. The number of benzene rings is 2. The molecule has 1 N–H and O–H groups in total. The molecule has 1 saturated heterocycles. The van der Waals surface area contributed by atoms with Crippen molar-refractivity contribution in [2.24, 2.45) is 0 Å². The van der Waals surface area contributed by atoms with Crippen molar-refractivity contribution in [3.05, 3.63) is 59.7 Å². The van der Waals surface area contributed by atoms with Gasteiger partial charge >= 0.3 is 0 Å². The van der Waals surface area contributed by atoms with Crippen LogP contribution in [0.3, 0.4) is 0 Å². The zero-order valence-corrected chi connectivity index (χ0v) is 20.3. The molecule has 0 spiro atoms. The van der Waals surface area contributed by atoms with Crippen molar-refractivity contribution >= 4 is 21.6 Å². The predicted octanol–water partition coefficient (Wildman–Crippen LogP) is 2.39. The highest BCUT2D eigenvalue weighted by Gasteiger charge is 2.20. The Morgan fingerprint density at radius 3 is 2.36 bits per heavy atom. The van der Waals surface area contributed by atoms with Gasteiger partial charge in [0.15, 0.2) is 6.10 Å². The number of carbonyl (C=O) groups excluding carboxylic acids is 1. The number of nitrogens with zero attached hydrogens (tertiary/aromatic N) is 2. The Bertz CT molecular complexity index is 1020. The van der Waals surface area contributed by atoms with Crippen LogP contribution in [-0.2, 0) is 32.6 Å². The number of hydrogen-bond donors (Lipinski definition) is 1. The molecule has 0 saturated carbocycles. The van der Waals surface area contributed by atoms with E-state index in [2.05, 4.69) is 16.3 Å². The first-order valence-corrected chi connectivity index (χ1v) is 13.0. The SMILES string of the molecule is CC[C@@H](Oc1ccc(N(C)S(C)(=O)=O)cc1)C(=O)NCc1ccccc1CN1CCOCC1. The van der Waals surface area contributed by atoms with Gasteiger partial charge in [0.2, 0.25) is 10.0 Å². The molecule has 9 heteroatoms. The van der Waals surface area contributed by atoms with E-state index in [9.17, 15) is 13.2 Å². The average molecular weight is 476 g/mol. The summed E-state index contributed by atoms with van der Waals surface area (Å²) in [5.74, 6) is 0.325. The van der Waals surface area contributed by atoms with E-state index in [1.54, 1.807) is 24.3 Å². The molecule has 2 aromatic carbocycles. The van der Waals surface area contributed by atoms with Gasteiger partial charge in [-0.3, -0.25) is 14.0 Å². The molecule has 1 amide bonds. The number of rotatable bonds is 10. The van der Waals surface area contributed by atoms with Crippen molar-refractivity contribution in [2.45, 2.75) is 32.5 Å². The standard InChI is InChI=1S/C24H33N3O5S/c1-4-23(32-22-11-9-21(10-12-22)26(2)33(3,29)30)24(28)25-17-19-7-5-6-8-20(19)18-27-13-15-31-16-14-27/h5-12,23H,4,13-18H2,1-3H3,(H,25,28)/t23-/m1/s1. The van der Waals surface area contributed by atoms with Gasteiger partial charge in [-0.2, -0.15) is 0 Å². The normalized spacial score (nSPS) is 15.6. The minimum absolute atomic E-state index is 0.184. The second kappa shape index (κ2) is 11.5. The summed E-state index contributed by atoms with van der Waals surface area (Å²) in [6.45, 7) is 6.47. The lowest BCUT2D eigenvalue weighted by Gasteiger charge is -2.27. The number of sulfonamides is 1. The van der Waals surface area contributed by atoms with Crippen LogP contribution in [0.1, 0.15) is 24.5 Å². The molecule has 33 heavy (non-hydrogen) atoms. The molecule has 1 aliphatic rings. The quantitative estimate of drug-likeness (QED) is 0.568. The third-order valence-electron chi connectivity index (χ3n) is 5.71. The first kappa shape index (κ1) is 25.0. The summed E-state index contributed by atoms with van der Waals surface area (Å²) in [6.07, 6.45) is 1.01. The number of anilines is 1. The van der Waals surface area contributed by atoms with Crippen LogP contribution in [0.4, 0.5) is 5.69 Å². The van der Waals surface area contributed by atoms with Gasteiger partial charge in [-0.15, -0.1) is 0 Å². The number of ether oxygens (including phenoxy) is 2. The summed E-state index contributed by atoms with van der Waals surface area (Å²) in [4.78, 5) is 15.2. The summed E-state index contributed by atoms with van der Waals surface area (Å²) in [5.41, 5.74) is 2.80. The van der Waals surface area contributed by atoms with Crippen molar-refractivity contribution in [1.29, 1.82) is 0 Å². The molecule has 1 heterocycles. The second-order valence-corrected chi connectivity index (χ2v) is 10.1. The van der Waals surface area contributed by atoms with Gasteiger partial charge in [0, 0.05) is 33.2 Å². The third kappa shape index (κ3) is 7.18. The van der Waals surface area contributed by atoms with Gasteiger partial charge < -0.3 is 14.8 Å². The van der Waals surface area contributed by atoms with E-state index in [0.717, 1.165) is 44.7 Å². The molecule has 1 atom stereocenters. The van der Waals surface area contributed by atoms with Crippen molar-refractivity contribution in [3.8, 4) is 5.75 Å². The van der Waals surface area contributed by atoms with Crippen molar-refractivity contribution < 1.29 is 22.7 Å². The van der Waals surface area contributed by atoms with Crippen LogP contribution in [0.25, 0.3) is 0 Å². The fraction of sp³-hybridized carbons (Fsp3) is 0.458. The smallest absolute Gasteiger partial charge is 0.261 e. The minimum Gasteiger partial charge on any atom is -0.481 e. The Kier molecular flexibility index (Phi) is 8.71. The lowest BCUT2D eigenvalue weighted by molar-refractivity contribution is -0.128. The molecule has 0 aromatic heterocycles. The number of amides is 1. The van der Waals surface area contributed by atoms with Crippen LogP contribution < -0.4 is 14.4 Å². The first-order chi connectivity index (χ1) is 15.8. The maximum Gasteiger partial charge on any atom is 0.261 e. The zero-order valence-electron chi connectivity index (χ0n) is 19.5. The largest absolute Gasteiger partial charge is 0.481 e. The van der Waals surface area contributed by atoms with Crippen molar-refractivity contribution in [3.63, 3.8) is 0 Å². The van der Waals surface area contributed by atoms with Crippen molar-refractivity contribution in [1.82, 2.24) is 10.2 Å². The second-order valence-electron chi connectivity index (χ2n) is 8.11. The van der Waals surface area contributed by atoms with Gasteiger partial charge in [-0.25, -0.2) is 8.42 Å². The van der Waals surface area contributed by atoms with Crippen molar-refractivity contribution in [2.75, 3.05) is 43.9 Å². The summed E-state index contributed by atoms with van der Waals surface area (Å²) >= 11 is 0. The highest BCUT2D eigenvalue weighted by molar-refractivity contribution is 7.92. The number of morpholine rings is 1. The van der Waals surface area contributed by atoms with Crippen LogP contribution in [0.2, 0.25) is 0 Å². The molecule has 1 fully saturated rings. The van der Waals surface area contributed by atoms with Gasteiger partial charge in [0.05, 0.1) is 25.2 Å². The van der Waals surface area contributed by atoms with Gasteiger partial charge in [0.25, 0.3) is 5.91 Å². The number of carbonyl (C=O) groups is 1. The zero-order chi connectivity index (χ0) is 23.8. The summed E-state index contributed by atoms with van der Waals surface area (Å²) in [7, 11) is -1.85. The Morgan fingerprint density at radius 2 is 1.76 bits per heavy atom. The van der Waals surface area contributed by atoms with E-state index in [1.165, 1.54) is 16.9 Å². The van der Waals surface area contributed by atoms with Gasteiger partial charge in [0.1, 0.15) is 5.75 Å². The predicted molar refractivity (Wildman–Crippen MR) is 129 cm³/mol. The van der Waals surface area contributed by atoms with Crippen LogP contribution in [-0.4, -0.2) is 64.9 Å².